The number of H-pyrrole nitrogens is 1. The number of aromatic nitrogens is 2. The van der Waals surface area contributed by atoms with Crippen LogP contribution in [0.2, 0.25) is 10.0 Å². The van der Waals surface area contributed by atoms with Crippen LogP contribution >= 0.6 is 23.2 Å². The molecule has 1 atom stereocenters. The van der Waals surface area contributed by atoms with Gasteiger partial charge in [0, 0.05) is 12.6 Å². The van der Waals surface area contributed by atoms with Gasteiger partial charge < -0.3 is 9.88 Å². The highest BCUT2D eigenvalue weighted by atomic mass is 35.5. The molecule has 0 bridgehead atoms. The Balaban J connectivity index is 1.57. The molecule has 1 amide bonds. The summed E-state index contributed by atoms with van der Waals surface area (Å²) in [5.74, 6) is 0.787. The second kappa shape index (κ2) is 7.14. The van der Waals surface area contributed by atoms with Crippen LogP contribution in [0, 0.1) is 0 Å². The molecule has 1 aliphatic heterocycles. The standard InChI is InChI=1S/C20H17Cl2N3O/c21-14-6-3-5-13(19(14)22)10-11-18(26)25-12-4-9-17(25)20-23-15-7-1-2-8-16(15)24-20/h1-3,5-8,10-11,17H,4,9,12H2,(H,23,24)/b11-10+. The fourth-order valence-electron chi connectivity index (χ4n) is 3.35. The molecule has 4 rings (SSSR count). The number of benzene rings is 2. The van der Waals surface area contributed by atoms with Gasteiger partial charge in [-0.1, -0.05) is 47.5 Å². The molecular formula is C20H17Cl2N3O. The second-order valence-corrected chi connectivity index (χ2v) is 7.09. The number of amides is 1. The molecule has 1 saturated heterocycles. The number of fused-ring (bicyclic) bond motifs is 1. The van der Waals surface area contributed by atoms with Gasteiger partial charge in [-0.2, -0.15) is 0 Å². The maximum atomic E-state index is 12.7. The molecule has 132 valence electrons. The fraction of sp³-hybridized carbons (Fsp3) is 0.200. The average molecular weight is 386 g/mol. The quantitative estimate of drug-likeness (QED) is 0.626. The van der Waals surface area contributed by atoms with Crippen molar-refractivity contribution in [3.63, 3.8) is 0 Å². The first-order valence-electron chi connectivity index (χ1n) is 8.51. The van der Waals surface area contributed by atoms with Gasteiger partial charge in [-0.15, -0.1) is 0 Å². The van der Waals surface area contributed by atoms with Gasteiger partial charge in [-0.25, -0.2) is 4.98 Å². The van der Waals surface area contributed by atoms with Crippen molar-refractivity contribution < 1.29 is 4.79 Å². The van der Waals surface area contributed by atoms with Crippen LogP contribution in [0.1, 0.15) is 30.3 Å². The molecule has 0 saturated carbocycles. The maximum Gasteiger partial charge on any atom is 0.247 e. The van der Waals surface area contributed by atoms with Crippen LogP contribution < -0.4 is 0 Å². The molecule has 0 radical (unpaired) electrons. The van der Waals surface area contributed by atoms with Gasteiger partial charge in [0.1, 0.15) is 5.82 Å². The first-order valence-corrected chi connectivity index (χ1v) is 9.26. The minimum atomic E-state index is -0.0519. The number of carbonyl (C=O) groups excluding carboxylic acids is 1. The van der Waals surface area contributed by atoms with E-state index in [1.165, 1.54) is 0 Å². The molecular weight excluding hydrogens is 369 g/mol. The minimum absolute atomic E-state index is 0.0330. The summed E-state index contributed by atoms with van der Waals surface area (Å²) in [7, 11) is 0. The maximum absolute atomic E-state index is 12.7. The number of para-hydroxylation sites is 2. The number of halogens is 2. The van der Waals surface area contributed by atoms with E-state index in [0.717, 1.165) is 35.3 Å². The van der Waals surface area contributed by atoms with Crippen molar-refractivity contribution in [2.45, 2.75) is 18.9 Å². The topological polar surface area (TPSA) is 49.0 Å². The van der Waals surface area contributed by atoms with Crippen LogP contribution in [0.3, 0.4) is 0 Å². The first kappa shape index (κ1) is 17.1. The number of likely N-dealkylation sites (tertiary alicyclic amines) is 1. The van der Waals surface area contributed by atoms with Crippen molar-refractivity contribution in [3.8, 4) is 0 Å². The monoisotopic (exact) mass is 385 g/mol. The number of hydrogen-bond acceptors (Lipinski definition) is 2. The van der Waals surface area contributed by atoms with E-state index < -0.39 is 0 Å². The zero-order chi connectivity index (χ0) is 18.1. The molecule has 4 nitrogen and oxygen atoms in total. The van der Waals surface area contributed by atoms with Crippen molar-refractivity contribution in [2.75, 3.05) is 6.54 Å². The molecule has 0 spiro atoms. The van der Waals surface area contributed by atoms with Gasteiger partial charge in [-0.05, 0) is 42.7 Å². The van der Waals surface area contributed by atoms with Crippen molar-refractivity contribution in [1.82, 2.24) is 14.9 Å². The Bertz CT molecular complexity index is 963. The number of hydrogen-bond donors (Lipinski definition) is 1. The van der Waals surface area contributed by atoms with Gasteiger partial charge >= 0.3 is 0 Å². The number of carbonyl (C=O) groups is 1. The van der Waals surface area contributed by atoms with Crippen LogP contribution in [-0.4, -0.2) is 27.3 Å². The molecule has 0 aliphatic carbocycles. The Labute approximate surface area is 161 Å². The predicted molar refractivity (Wildman–Crippen MR) is 105 cm³/mol. The van der Waals surface area contributed by atoms with E-state index in [4.69, 9.17) is 23.2 Å². The van der Waals surface area contributed by atoms with E-state index in [2.05, 4.69) is 9.97 Å². The number of rotatable bonds is 3. The van der Waals surface area contributed by atoms with Crippen LogP contribution in [0.4, 0.5) is 0 Å². The van der Waals surface area contributed by atoms with Gasteiger partial charge in [0.15, 0.2) is 0 Å². The molecule has 26 heavy (non-hydrogen) atoms. The highest BCUT2D eigenvalue weighted by Gasteiger charge is 2.31. The third kappa shape index (κ3) is 3.22. The molecule has 2 heterocycles. The molecule has 1 unspecified atom stereocenters. The van der Waals surface area contributed by atoms with E-state index in [0.29, 0.717) is 16.6 Å². The molecule has 1 aromatic heterocycles. The van der Waals surface area contributed by atoms with E-state index in [1.54, 1.807) is 18.2 Å². The average Bonchev–Trinajstić information content (AvgIpc) is 3.29. The molecule has 1 fully saturated rings. The lowest BCUT2D eigenvalue weighted by Gasteiger charge is -2.21. The van der Waals surface area contributed by atoms with Crippen molar-refractivity contribution in [1.29, 1.82) is 0 Å². The fourth-order valence-corrected chi connectivity index (χ4v) is 3.72. The Morgan fingerprint density at radius 3 is 2.88 bits per heavy atom. The Morgan fingerprint density at radius 1 is 1.19 bits per heavy atom. The molecule has 2 aromatic carbocycles. The largest absolute Gasteiger partial charge is 0.340 e. The summed E-state index contributed by atoms with van der Waals surface area (Å²) in [6.45, 7) is 0.716. The molecule has 1 N–H and O–H groups in total. The lowest BCUT2D eigenvalue weighted by atomic mass is 10.2. The number of nitrogens with zero attached hydrogens (tertiary/aromatic N) is 2. The Kier molecular flexibility index (Phi) is 4.70. The lowest BCUT2D eigenvalue weighted by molar-refractivity contribution is -0.126. The number of aromatic amines is 1. The summed E-state index contributed by atoms with van der Waals surface area (Å²) < 4.78 is 0. The highest BCUT2D eigenvalue weighted by Crippen LogP contribution is 2.32. The van der Waals surface area contributed by atoms with E-state index >= 15 is 0 Å². The van der Waals surface area contributed by atoms with E-state index in [9.17, 15) is 4.79 Å². The van der Waals surface area contributed by atoms with E-state index in [-0.39, 0.29) is 11.9 Å². The third-order valence-electron chi connectivity index (χ3n) is 4.65. The lowest BCUT2D eigenvalue weighted by Crippen LogP contribution is -2.29. The van der Waals surface area contributed by atoms with Crippen LogP contribution in [0.25, 0.3) is 17.1 Å². The second-order valence-electron chi connectivity index (χ2n) is 6.31. The van der Waals surface area contributed by atoms with Crippen molar-refractivity contribution >= 4 is 46.2 Å². The number of nitrogens with one attached hydrogen (secondary N) is 1. The Hall–Kier alpha value is -2.30. The van der Waals surface area contributed by atoms with E-state index in [1.807, 2.05) is 41.3 Å². The molecule has 3 aromatic rings. The molecule has 1 aliphatic rings. The van der Waals surface area contributed by atoms with Crippen molar-refractivity contribution in [2.24, 2.45) is 0 Å². The van der Waals surface area contributed by atoms with Crippen molar-refractivity contribution in [3.05, 3.63) is 70.0 Å². The smallest absolute Gasteiger partial charge is 0.247 e. The van der Waals surface area contributed by atoms with Gasteiger partial charge in [-0.3, -0.25) is 4.79 Å². The zero-order valence-corrected chi connectivity index (χ0v) is 15.5. The van der Waals surface area contributed by atoms with Gasteiger partial charge in [0.05, 0.1) is 27.1 Å². The van der Waals surface area contributed by atoms with Crippen LogP contribution in [0.5, 0.6) is 0 Å². The Morgan fingerprint density at radius 2 is 2.04 bits per heavy atom. The normalized spacial score (nSPS) is 17.5. The number of imidazole rings is 1. The molecule has 6 heteroatoms. The highest BCUT2D eigenvalue weighted by molar-refractivity contribution is 6.42. The van der Waals surface area contributed by atoms with Gasteiger partial charge in [0.2, 0.25) is 5.91 Å². The van der Waals surface area contributed by atoms with Crippen LogP contribution in [-0.2, 0) is 4.79 Å². The summed E-state index contributed by atoms with van der Waals surface area (Å²) in [6, 6.07) is 13.2. The third-order valence-corrected chi connectivity index (χ3v) is 5.48. The summed E-state index contributed by atoms with van der Waals surface area (Å²) in [5.41, 5.74) is 2.64. The summed E-state index contributed by atoms with van der Waals surface area (Å²) in [4.78, 5) is 22.6. The first-order chi connectivity index (χ1) is 12.6. The van der Waals surface area contributed by atoms with Crippen LogP contribution in [0.15, 0.2) is 48.5 Å². The minimum Gasteiger partial charge on any atom is -0.340 e. The summed E-state index contributed by atoms with van der Waals surface area (Å²) >= 11 is 12.2. The SMILES string of the molecule is O=C(/C=C/c1cccc(Cl)c1Cl)N1CCCC1c1nc2ccccc2[nH]1. The predicted octanol–water partition coefficient (Wildman–Crippen LogP) is 5.25. The summed E-state index contributed by atoms with van der Waals surface area (Å²) in [6.07, 6.45) is 5.12. The zero-order valence-electron chi connectivity index (χ0n) is 14.0. The van der Waals surface area contributed by atoms with Gasteiger partial charge in [0.25, 0.3) is 0 Å². The summed E-state index contributed by atoms with van der Waals surface area (Å²) in [5, 5.41) is 0.927.